The van der Waals surface area contributed by atoms with Crippen molar-refractivity contribution < 1.29 is 9.47 Å². The smallest absolute Gasteiger partial charge is 0.125 e. The molecule has 0 saturated heterocycles. The zero-order chi connectivity index (χ0) is 14.8. The number of methoxy groups -OCH3 is 1. The van der Waals surface area contributed by atoms with E-state index >= 15 is 0 Å². The molecular formula is C17H18ClNO2. The van der Waals surface area contributed by atoms with Crippen molar-refractivity contribution in [2.75, 3.05) is 13.7 Å². The SMILES string of the molecule is COc1ccc(C(N)Cc2cc(Cl)cc3c2OCC3)cc1. The third kappa shape index (κ3) is 2.99. The third-order valence-electron chi connectivity index (χ3n) is 3.81. The predicted octanol–water partition coefficient (Wildman–Crippen LogP) is 3.53. The quantitative estimate of drug-likeness (QED) is 0.940. The maximum Gasteiger partial charge on any atom is 0.125 e. The van der Waals surface area contributed by atoms with Crippen molar-refractivity contribution in [3.05, 3.63) is 58.1 Å². The lowest BCUT2D eigenvalue weighted by molar-refractivity contribution is 0.352. The Balaban J connectivity index is 1.82. The summed E-state index contributed by atoms with van der Waals surface area (Å²) in [5.74, 6) is 1.79. The average molecular weight is 304 g/mol. The fourth-order valence-electron chi connectivity index (χ4n) is 2.70. The summed E-state index contributed by atoms with van der Waals surface area (Å²) >= 11 is 6.18. The van der Waals surface area contributed by atoms with Gasteiger partial charge in [-0.1, -0.05) is 23.7 Å². The van der Waals surface area contributed by atoms with E-state index in [2.05, 4.69) is 0 Å². The van der Waals surface area contributed by atoms with Crippen LogP contribution < -0.4 is 15.2 Å². The number of benzene rings is 2. The van der Waals surface area contributed by atoms with E-state index in [9.17, 15) is 0 Å². The standard InChI is InChI=1S/C17H18ClNO2/c1-20-15-4-2-11(3-5-15)16(19)10-13-9-14(18)8-12-6-7-21-17(12)13/h2-5,8-9,16H,6-7,10,19H2,1H3. The molecule has 0 fully saturated rings. The van der Waals surface area contributed by atoms with Gasteiger partial charge in [0.25, 0.3) is 0 Å². The fraction of sp³-hybridized carbons (Fsp3) is 0.294. The van der Waals surface area contributed by atoms with Crippen LogP contribution in [-0.2, 0) is 12.8 Å². The van der Waals surface area contributed by atoms with Gasteiger partial charge in [0.1, 0.15) is 11.5 Å². The van der Waals surface area contributed by atoms with Gasteiger partial charge in [-0.2, -0.15) is 0 Å². The van der Waals surface area contributed by atoms with Crippen LogP contribution in [-0.4, -0.2) is 13.7 Å². The van der Waals surface area contributed by atoms with Gasteiger partial charge in [-0.25, -0.2) is 0 Å². The monoisotopic (exact) mass is 303 g/mol. The number of hydrogen-bond donors (Lipinski definition) is 1. The molecule has 1 atom stereocenters. The molecule has 1 aliphatic rings. The molecule has 3 nitrogen and oxygen atoms in total. The van der Waals surface area contributed by atoms with Crippen LogP contribution in [0.1, 0.15) is 22.7 Å². The molecule has 110 valence electrons. The van der Waals surface area contributed by atoms with E-state index in [1.807, 2.05) is 36.4 Å². The predicted molar refractivity (Wildman–Crippen MR) is 84.3 cm³/mol. The Bertz CT molecular complexity index is 640. The lowest BCUT2D eigenvalue weighted by Crippen LogP contribution is -2.13. The van der Waals surface area contributed by atoms with Crippen LogP contribution >= 0.6 is 11.6 Å². The second-order valence-electron chi connectivity index (χ2n) is 5.24. The molecule has 0 radical (unpaired) electrons. The molecule has 2 aromatic carbocycles. The van der Waals surface area contributed by atoms with Gasteiger partial charge < -0.3 is 15.2 Å². The maximum atomic E-state index is 6.32. The summed E-state index contributed by atoms with van der Waals surface area (Å²) in [7, 11) is 1.65. The van der Waals surface area contributed by atoms with Crippen molar-refractivity contribution in [3.8, 4) is 11.5 Å². The second kappa shape index (κ2) is 5.96. The number of halogens is 1. The van der Waals surface area contributed by atoms with E-state index in [0.29, 0.717) is 6.42 Å². The minimum absolute atomic E-state index is 0.0947. The largest absolute Gasteiger partial charge is 0.497 e. The van der Waals surface area contributed by atoms with Crippen molar-refractivity contribution in [3.63, 3.8) is 0 Å². The Morgan fingerprint density at radius 1 is 1.29 bits per heavy atom. The zero-order valence-corrected chi connectivity index (χ0v) is 12.7. The van der Waals surface area contributed by atoms with Crippen LogP contribution in [0.2, 0.25) is 5.02 Å². The molecule has 2 N–H and O–H groups in total. The van der Waals surface area contributed by atoms with Gasteiger partial charge in [-0.15, -0.1) is 0 Å². The van der Waals surface area contributed by atoms with Crippen LogP contribution in [0.25, 0.3) is 0 Å². The highest BCUT2D eigenvalue weighted by molar-refractivity contribution is 6.30. The molecule has 0 bridgehead atoms. The third-order valence-corrected chi connectivity index (χ3v) is 4.03. The van der Waals surface area contributed by atoms with Gasteiger partial charge in [0.2, 0.25) is 0 Å². The van der Waals surface area contributed by atoms with Crippen LogP contribution in [0.4, 0.5) is 0 Å². The molecule has 1 heterocycles. The highest BCUT2D eigenvalue weighted by Crippen LogP contribution is 2.35. The van der Waals surface area contributed by atoms with E-state index < -0.39 is 0 Å². The molecule has 1 unspecified atom stereocenters. The molecule has 4 heteroatoms. The Hall–Kier alpha value is -1.71. The second-order valence-corrected chi connectivity index (χ2v) is 5.67. The summed E-state index contributed by atoms with van der Waals surface area (Å²) in [5, 5.41) is 0.746. The minimum Gasteiger partial charge on any atom is -0.497 e. The van der Waals surface area contributed by atoms with Crippen LogP contribution in [0.3, 0.4) is 0 Å². The van der Waals surface area contributed by atoms with E-state index in [1.165, 1.54) is 5.56 Å². The van der Waals surface area contributed by atoms with Gasteiger partial charge in [-0.05, 0) is 47.4 Å². The molecule has 0 aromatic heterocycles. The van der Waals surface area contributed by atoms with Gasteiger partial charge in [0.05, 0.1) is 13.7 Å². The van der Waals surface area contributed by atoms with Crippen LogP contribution in [0, 0.1) is 0 Å². The molecule has 0 amide bonds. The molecule has 3 rings (SSSR count). The maximum absolute atomic E-state index is 6.32. The first kappa shape index (κ1) is 14.2. The number of ether oxygens (including phenoxy) is 2. The topological polar surface area (TPSA) is 44.5 Å². The summed E-state index contributed by atoms with van der Waals surface area (Å²) < 4.78 is 10.9. The van der Waals surface area contributed by atoms with Crippen molar-refractivity contribution in [1.29, 1.82) is 0 Å². The van der Waals surface area contributed by atoms with E-state index in [0.717, 1.165) is 40.7 Å². The summed E-state index contributed by atoms with van der Waals surface area (Å²) in [6.45, 7) is 0.723. The van der Waals surface area contributed by atoms with Crippen molar-refractivity contribution in [2.24, 2.45) is 5.73 Å². The van der Waals surface area contributed by atoms with E-state index in [-0.39, 0.29) is 6.04 Å². The molecular weight excluding hydrogens is 286 g/mol. The molecule has 2 aromatic rings. The van der Waals surface area contributed by atoms with Crippen molar-refractivity contribution >= 4 is 11.6 Å². The summed E-state index contributed by atoms with van der Waals surface area (Å²) in [4.78, 5) is 0. The highest BCUT2D eigenvalue weighted by Gasteiger charge is 2.19. The first-order valence-corrected chi connectivity index (χ1v) is 7.39. The Morgan fingerprint density at radius 2 is 2.05 bits per heavy atom. The van der Waals surface area contributed by atoms with Crippen LogP contribution in [0.15, 0.2) is 36.4 Å². The summed E-state index contributed by atoms with van der Waals surface area (Å²) in [6, 6.07) is 11.7. The van der Waals surface area contributed by atoms with Gasteiger partial charge in [0.15, 0.2) is 0 Å². The Kier molecular flexibility index (Phi) is 4.04. The summed E-state index contributed by atoms with van der Waals surface area (Å²) in [6.07, 6.45) is 1.62. The van der Waals surface area contributed by atoms with Gasteiger partial charge in [0, 0.05) is 17.5 Å². The van der Waals surface area contributed by atoms with Crippen LogP contribution in [0.5, 0.6) is 11.5 Å². The van der Waals surface area contributed by atoms with Gasteiger partial charge >= 0.3 is 0 Å². The first-order valence-electron chi connectivity index (χ1n) is 7.01. The normalized spacial score (nSPS) is 14.4. The lowest BCUT2D eigenvalue weighted by atomic mass is 9.97. The number of fused-ring (bicyclic) bond motifs is 1. The Morgan fingerprint density at radius 3 is 2.76 bits per heavy atom. The summed E-state index contributed by atoms with van der Waals surface area (Å²) in [5.41, 5.74) is 9.66. The molecule has 1 aliphatic heterocycles. The molecule has 21 heavy (non-hydrogen) atoms. The van der Waals surface area contributed by atoms with E-state index in [1.54, 1.807) is 7.11 Å². The highest BCUT2D eigenvalue weighted by atomic mass is 35.5. The number of nitrogens with two attached hydrogens (primary N) is 1. The first-order chi connectivity index (χ1) is 10.2. The van der Waals surface area contributed by atoms with Gasteiger partial charge in [-0.3, -0.25) is 0 Å². The lowest BCUT2D eigenvalue weighted by Gasteiger charge is -2.15. The van der Waals surface area contributed by atoms with Crippen molar-refractivity contribution in [2.45, 2.75) is 18.9 Å². The van der Waals surface area contributed by atoms with Crippen molar-refractivity contribution in [1.82, 2.24) is 0 Å². The average Bonchev–Trinajstić information content (AvgIpc) is 2.95. The number of hydrogen-bond acceptors (Lipinski definition) is 3. The number of rotatable bonds is 4. The molecule has 0 saturated carbocycles. The zero-order valence-electron chi connectivity index (χ0n) is 11.9. The Labute approximate surface area is 129 Å². The fourth-order valence-corrected chi connectivity index (χ4v) is 2.97. The van der Waals surface area contributed by atoms with E-state index in [4.69, 9.17) is 26.8 Å². The molecule has 0 aliphatic carbocycles. The minimum atomic E-state index is -0.0947. The molecule has 0 spiro atoms.